The van der Waals surface area contributed by atoms with Crippen LogP contribution >= 0.6 is 11.8 Å². The second-order valence-corrected chi connectivity index (χ2v) is 7.38. The van der Waals surface area contributed by atoms with Gasteiger partial charge in [-0.1, -0.05) is 31.5 Å². The second kappa shape index (κ2) is 8.06. The van der Waals surface area contributed by atoms with Crippen LogP contribution in [0.3, 0.4) is 0 Å². The van der Waals surface area contributed by atoms with Gasteiger partial charge in [-0.05, 0) is 51.0 Å². The third kappa shape index (κ3) is 5.86. The predicted octanol–water partition coefficient (Wildman–Crippen LogP) is 3.92. The maximum absolute atomic E-state index is 9.56. The summed E-state index contributed by atoms with van der Waals surface area (Å²) in [6.45, 7) is 10.9. The number of rotatable bonds is 8. The molecule has 0 bridgehead atoms. The van der Waals surface area contributed by atoms with Gasteiger partial charge in [0.1, 0.15) is 0 Å². The van der Waals surface area contributed by atoms with E-state index in [-0.39, 0.29) is 12.1 Å². The molecule has 0 aliphatic carbocycles. The van der Waals surface area contributed by atoms with Gasteiger partial charge in [0, 0.05) is 16.5 Å². The molecule has 1 aromatic rings. The number of aryl methyl sites for hydroxylation is 2. The normalized spacial score (nSPS) is 14.6. The SMILES string of the molecule is Cc1ccc(SCCCC(C)(CO)NC(C)C)c(C)c1. The Labute approximate surface area is 128 Å². The smallest absolute Gasteiger partial charge is 0.0610 e. The highest BCUT2D eigenvalue weighted by Gasteiger charge is 2.23. The summed E-state index contributed by atoms with van der Waals surface area (Å²) in [4.78, 5) is 1.37. The van der Waals surface area contributed by atoms with Crippen LogP contribution in [-0.2, 0) is 0 Å². The molecule has 114 valence electrons. The molecule has 20 heavy (non-hydrogen) atoms. The maximum atomic E-state index is 9.56. The van der Waals surface area contributed by atoms with Crippen LogP contribution in [0.15, 0.2) is 23.1 Å². The van der Waals surface area contributed by atoms with Crippen LogP contribution in [0.5, 0.6) is 0 Å². The summed E-state index contributed by atoms with van der Waals surface area (Å²) in [6.07, 6.45) is 2.11. The molecule has 0 saturated carbocycles. The third-order valence-corrected chi connectivity index (χ3v) is 4.71. The van der Waals surface area contributed by atoms with Crippen molar-refractivity contribution in [1.29, 1.82) is 0 Å². The van der Waals surface area contributed by atoms with E-state index in [1.165, 1.54) is 16.0 Å². The molecule has 2 nitrogen and oxygen atoms in total. The lowest BCUT2D eigenvalue weighted by molar-refractivity contribution is 0.156. The van der Waals surface area contributed by atoms with Gasteiger partial charge in [0.2, 0.25) is 0 Å². The summed E-state index contributed by atoms with van der Waals surface area (Å²) >= 11 is 1.92. The molecule has 1 rings (SSSR count). The molecule has 0 aliphatic heterocycles. The van der Waals surface area contributed by atoms with Crippen LogP contribution in [0.2, 0.25) is 0 Å². The highest BCUT2D eigenvalue weighted by molar-refractivity contribution is 7.99. The number of benzene rings is 1. The molecule has 2 N–H and O–H groups in total. The first kappa shape index (κ1) is 17.5. The lowest BCUT2D eigenvalue weighted by Gasteiger charge is -2.31. The number of thioether (sulfide) groups is 1. The lowest BCUT2D eigenvalue weighted by atomic mass is 9.96. The topological polar surface area (TPSA) is 32.3 Å². The van der Waals surface area contributed by atoms with Crippen LogP contribution in [0.4, 0.5) is 0 Å². The van der Waals surface area contributed by atoms with Gasteiger partial charge < -0.3 is 10.4 Å². The van der Waals surface area contributed by atoms with Gasteiger partial charge in [-0.3, -0.25) is 0 Å². The van der Waals surface area contributed by atoms with Crippen molar-refractivity contribution < 1.29 is 5.11 Å². The molecule has 1 atom stereocenters. The standard InChI is InChI=1S/C17H29NOS/c1-13(2)18-17(5,12-19)9-6-10-20-16-8-7-14(3)11-15(16)4/h7-8,11,13,18-19H,6,9-10,12H2,1-5H3. The molecule has 0 heterocycles. The average Bonchev–Trinajstić information content (AvgIpc) is 2.36. The van der Waals surface area contributed by atoms with E-state index in [0.717, 1.165) is 18.6 Å². The van der Waals surface area contributed by atoms with E-state index in [9.17, 15) is 5.11 Å². The molecule has 0 spiro atoms. The fraction of sp³-hybridized carbons (Fsp3) is 0.647. The molecule has 0 aromatic heterocycles. The first-order chi connectivity index (χ1) is 9.36. The van der Waals surface area contributed by atoms with Crippen molar-refractivity contribution in [3.05, 3.63) is 29.3 Å². The van der Waals surface area contributed by atoms with Crippen molar-refractivity contribution in [2.45, 2.75) is 63.9 Å². The van der Waals surface area contributed by atoms with Crippen LogP contribution in [0.25, 0.3) is 0 Å². The van der Waals surface area contributed by atoms with Crippen LogP contribution in [-0.4, -0.2) is 29.0 Å². The molecular formula is C17H29NOS. The number of hydrogen-bond donors (Lipinski definition) is 2. The van der Waals surface area contributed by atoms with Gasteiger partial charge in [0.15, 0.2) is 0 Å². The van der Waals surface area contributed by atoms with Crippen LogP contribution in [0.1, 0.15) is 44.7 Å². The van der Waals surface area contributed by atoms with Crippen LogP contribution in [0, 0.1) is 13.8 Å². The van der Waals surface area contributed by atoms with Gasteiger partial charge in [0.25, 0.3) is 0 Å². The first-order valence-corrected chi connectivity index (χ1v) is 8.43. The summed E-state index contributed by atoms with van der Waals surface area (Å²) in [5.41, 5.74) is 2.53. The van der Waals surface area contributed by atoms with Crippen molar-refractivity contribution in [1.82, 2.24) is 5.32 Å². The Hall–Kier alpha value is -0.510. The molecule has 1 unspecified atom stereocenters. The van der Waals surface area contributed by atoms with Gasteiger partial charge in [-0.2, -0.15) is 0 Å². The summed E-state index contributed by atoms with van der Waals surface area (Å²) in [6, 6.07) is 7.03. The summed E-state index contributed by atoms with van der Waals surface area (Å²) in [5.74, 6) is 1.10. The molecule has 1 aromatic carbocycles. The Morgan fingerprint density at radius 2 is 2.00 bits per heavy atom. The fourth-order valence-electron chi connectivity index (χ4n) is 2.50. The Morgan fingerprint density at radius 3 is 2.55 bits per heavy atom. The minimum atomic E-state index is -0.156. The van der Waals surface area contributed by atoms with E-state index in [4.69, 9.17) is 0 Å². The van der Waals surface area contributed by atoms with Crippen molar-refractivity contribution in [3.63, 3.8) is 0 Å². The molecule has 3 heteroatoms. The first-order valence-electron chi connectivity index (χ1n) is 7.45. The number of aliphatic hydroxyl groups is 1. The zero-order valence-electron chi connectivity index (χ0n) is 13.5. The second-order valence-electron chi connectivity index (χ2n) is 6.24. The van der Waals surface area contributed by atoms with Gasteiger partial charge >= 0.3 is 0 Å². The Balaban J connectivity index is 2.40. The summed E-state index contributed by atoms with van der Waals surface area (Å²) in [5, 5.41) is 13.0. The molecular weight excluding hydrogens is 266 g/mol. The number of hydrogen-bond acceptors (Lipinski definition) is 3. The van der Waals surface area contributed by atoms with Gasteiger partial charge in [-0.25, -0.2) is 0 Å². The highest BCUT2D eigenvalue weighted by Crippen LogP contribution is 2.25. The average molecular weight is 295 g/mol. The van der Waals surface area contributed by atoms with E-state index < -0.39 is 0 Å². The zero-order chi connectivity index (χ0) is 15.2. The predicted molar refractivity (Wildman–Crippen MR) is 89.6 cm³/mol. The third-order valence-electron chi connectivity index (χ3n) is 3.45. The highest BCUT2D eigenvalue weighted by atomic mass is 32.2. The summed E-state index contributed by atoms with van der Waals surface area (Å²) in [7, 11) is 0. The zero-order valence-corrected chi connectivity index (χ0v) is 14.3. The molecule has 0 amide bonds. The molecule has 0 aliphatic rings. The van der Waals surface area contributed by atoms with E-state index >= 15 is 0 Å². The van der Waals surface area contributed by atoms with Gasteiger partial charge in [-0.15, -0.1) is 11.8 Å². The Kier molecular flexibility index (Phi) is 7.07. The van der Waals surface area contributed by atoms with Crippen molar-refractivity contribution in [3.8, 4) is 0 Å². The molecule has 0 radical (unpaired) electrons. The molecule has 0 fully saturated rings. The van der Waals surface area contributed by atoms with E-state index in [1.54, 1.807) is 0 Å². The lowest BCUT2D eigenvalue weighted by Crippen LogP contribution is -2.49. The fourth-order valence-corrected chi connectivity index (χ4v) is 3.46. The van der Waals surface area contributed by atoms with Crippen molar-refractivity contribution in [2.75, 3.05) is 12.4 Å². The largest absolute Gasteiger partial charge is 0.394 e. The van der Waals surface area contributed by atoms with Gasteiger partial charge in [0.05, 0.1) is 6.61 Å². The summed E-state index contributed by atoms with van der Waals surface area (Å²) < 4.78 is 0. The van der Waals surface area contributed by atoms with Crippen LogP contribution < -0.4 is 5.32 Å². The van der Waals surface area contributed by atoms with E-state index in [1.807, 2.05) is 11.8 Å². The molecule has 0 saturated heterocycles. The minimum Gasteiger partial charge on any atom is -0.394 e. The Morgan fingerprint density at radius 1 is 1.30 bits per heavy atom. The maximum Gasteiger partial charge on any atom is 0.0610 e. The van der Waals surface area contributed by atoms with E-state index in [2.05, 4.69) is 58.1 Å². The monoisotopic (exact) mass is 295 g/mol. The van der Waals surface area contributed by atoms with E-state index in [0.29, 0.717) is 6.04 Å². The Bertz CT molecular complexity index is 419. The minimum absolute atomic E-state index is 0.156. The number of nitrogens with one attached hydrogen (secondary N) is 1. The van der Waals surface area contributed by atoms with Crippen molar-refractivity contribution in [2.24, 2.45) is 0 Å². The van der Waals surface area contributed by atoms with Crippen molar-refractivity contribution >= 4 is 11.8 Å². The number of aliphatic hydroxyl groups excluding tert-OH is 1. The quantitative estimate of drug-likeness (QED) is 0.563.